The van der Waals surface area contributed by atoms with Crippen molar-refractivity contribution in [3.8, 4) is 12.1 Å². The van der Waals surface area contributed by atoms with Crippen molar-refractivity contribution in [2.75, 3.05) is 0 Å². The lowest BCUT2D eigenvalue weighted by Gasteiger charge is -2.16. The Kier molecular flexibility index (Phi) is 2.40. The fraction of sp³-hybridized carbons (Fsp3) is 0.400. The van der Waals surface area contributed by atoms with Gasteiger partial charge in [0.15, 0.2) is 0 Å². The molecular weight excluding hydrogens is 180 g/mol. The van der Waals surface area contributed by atoms with E-state index in [2.05, 4.69) is 6.07 Å². The summed E-state index contributed by atoms with van der Waals surface area (Å²) in [6, 6.07) is 4.12. The van der Waals surface area contributed by atoms with Crippen molar-refractivity contribution in [3.63, 3.8) is 0 Å². The fourth-order valence-corrected chi connectivity index (χ4v) is 2.14. The van der Waals surface area contributed by atoms with E-state index in [0.717, 1.165) is 4.88 Å². The highest BCUT2D eigenvalue weighted by Gasteiger charge is 2.22. The molecule has 0 aliphatic rings. The molecule has 1 aromatic heterocycles. The number of thiophene rings is 1. The highest BCUT2D eigenvalue weighted by Crippen LogP contribution is 2.32. The number of hydrogen-bond acceptors (Lipinski definition) is 3. The Morgan fingerprint density at radius 3 is 2.23 bits per heavy atom. The first-order valence-electron chi connectivity index (χ1n) is 3.93. The van der Waals surface area contributed by atoms with Gasteiger partial charge in [-0.2, -0.15) is 10.5 Å². The molecule has 0 saturated carbocycles. The maximum atomic E-state index is 8.89. The van der Waals surface area contributed by atoms with Gasteiger partial charge in [-0.1, -0.05) is 20.8 Å². The third-order valence-electron chi connectivity index (χ3n) is 1.70. The molecule has 1 rings (SSSR count). The summed E-state index contributed by atoms with van der Waals surface area (Å²) < 4.78 is 0. The Labute approximate surface area is 82.0 Å². The normalized spacial score (nSPS) is 10.5. The second-order valence-corrected chi connectivity index (χ2v) is 4.71. The molecule has 0 aliphatic carbocycles. The standard InChI is InChI=1S/C10H10N2S/c1-10(2,3)9-8(5-12)7(4-11)6-13-9/h6H,1-3H3. The van der Waals surface area contributed by atoms with Gasteiger partial charge in [-0.25, -0.2) is 0 Å². The van der Waals surface area contributed by atoms with Crippen molar-refractivity contribution in [2.24, 2.45) is 0 Å². The number of nitrogens with zero attached hydrogens (tertiary/aromatic N) is 2. The van der Waals surface area contributed by atoms with Crippen LogP contribution in [0.3, 0.4) is 0 Å². The van der Waals surface area contributed by atoms with E-state index in [1.807, 2.05) is 26.8 Å². The van der Waals surface area contributed by atoms with Crippen LogP contribution in [0.4, 0.5) is 0 Å². The summed E-state index contributed by atoms with van der Waals surface area (Å²) in [5, 5.41) is 19.4. The molecule has 13 heavy (non-hydrogen) atoms. The third kappa shape index (κ3) is 1.71. The number of nitriles is 2. The van der Waals surface area contributed by atoms with Gasteiger partial charge in [-0.15, -0.1) is 11.3 Å². The average Bonchev–Trinajstić information content (AvgIpc) is 2.45. The predicted octanol–water partition coefficient (Wildman–Crippen LogP) is 2.79. The highest BCUT2D eigenvalue weighted by atomic mass is 32.1. The molecule has 0 spiro atoms. The van der Waals surface area contributed by atoms with Crippen LogP contribution in [-0.2, 0) is 5.41 Å². The average molecular weight is 190 g/mol. The summed E-state index contributed by atoms with van der Waals surface area (Å²) in [7, 11) is 0. The topological polar surface area (TPSA) is 47.6 Å². The molecule has 1 aromatic rings. The van der Waals surface area contributed by atoms with Crippen LogP contribution in [0.15, 0.2) is 5.38 Å². The van der Waals surface area contributed by atoms with Crippen LogP contribution >= 0.6 is 11.3 Å². The van der Waals surface area contributed by atoms with Crippen molar-refractivity contribution >= 4 is 11.3 Å². The zero-order valence-corrected chi connectivity index (χ0v) is 8.70. The van der Waals surface area contributed by atoms with Gasteiger partial charge >= 0.3 is 0 Å². The Morgan fingerprint density at radius 2 is 1.85 bits per heavy atom. The monoisotopic (exact) mass is 190 g/mol. The lowest BCUT2D eigenvalue weighted by atomic mass is 9.91. The minimum atomic E-state index is -0.0508. The van der Waals surface area contributed by atoms with Crippen molar-refractivity contribution < 1.29 is 0 Å². The van der Waals surface area contributed by atoms with E-state index in [9.17, 15) is 0 Å². The van der Waals surface area contributed by atoms with Crippen molar-refractivity contribution in [1.82, 2.24) is 0 Å². The molecule has 0 saturated heterocycles. The van der Waals surface area contributed by atoms with E-state index in [1.54, 1.807) is 5.38 Å². The van der Waals surface area contributed by atoms with Crippen LogP contribution in [0, 0.1) is 22.7 Å². The van der Waals surface area contributed by atoms with E-state index in [0.29, 0.717) is 11.1 Å². The summed E-state index contributed by atoms with van der Waals surface area (Å²) >= 11 is 1.49. The Bertz CT molecular complexity index is 396. The number of rotatable bonds is 0. The molecule has 3 heteroatoms. The largest absolute Gasteiger partial charge is 0.192 e. The SMILES string of the molecule is CC(C)(C)c1scc(C#N)c1C#N. The van der Waals surface area contributed by atoms with Gasteiger partial charge in [0.25, 0.3) is 0 Å². The minimum Gasteiger partial charge on any atom is -0.192 e. The maximum absolute atomic E-state index is 8.89. The first-order chi connectivity index (χ1) is 6.00. The predicted molar refractivity (Wildman–Crippen MR) is 52.4 cm³/mol. The Balaban J connectivity index is 3.37. The Morgan fingerprint density at radius 1 is 1.23 bits per heavy atom. The van der Waals surface area contributed by atoms with E-state index in [-0.39, 0.29) is 5.41 Å². The molecule has 0 amide bonds. The van der Waals surface area contributed by atoms with Crippen LogP contribution in [0.1, 0.15) is 36.8 Å². The molecular formula is C10H10N2S. The first kappa shape index (κ1) is 9.77. The van der Waals surface area contributed by atoms with Gasteiger partial charge in [-0.05, 0) is 5.41 Å². The molecule has 0 aliphatic heterocycles. The maximum Gasteiger partial charge on any atom is 0.102 e. The fourth-order valence-electron chi connectivity index (χ4n) is 1.10. The van der Waals surface area contributed by atoms with Gasteiger partial charge < -0.3 is 0 Å². The van der Waals surface area contributed by atoms with Gasteiger partial charge in [0.2, 0.25) is 0 Å². The quantitative estimate of drug-likeness (QED) is 0.631. The van der Waals surface area contributed by atoms with Crippen LogP contribution in [0.25, 0.3) is 0 Å². The smallest absolute Gasteiger partial charge is 0.102 e. The zero-order chi connectivity index (χ0) is 10.1. The lowest BCUT2D eigenvalue weighted by molar-refractivity contribution is 0.602. The summed E-state index contributed by atoms with van der Waals surface area (Å²) in [4.78, 5) is 0.992. The van der Waals surface area contributed by atoms with Gasteiger partial charge in [0, 0.05) is 10.3 Å². The molecule has 0 atom stereocenters. The van der Waals surface area contributed by atoms with Crippen molar-refractivity contribution in [3.05, 3.63) is 21.4 Å². The summed E-state index contributed by atoms with van der Waals surface area (Å²) in [6.45, 7) is 6.13. The van der Waals surface area contributed by atoms with Gasteiger partial charge in [0.1, 0.15) is 12.1 Å². The summed E-state index contributed by atoms with van der Waals surface area (Å²) in [6.07, 6.45) is 0. The highest BCUT2D eigenvalue weighted by molar-refractivity contribution is 7.10. The minimum absolute atomic E-state index is 0.0508. The third-order valence-corrected chi connectivity index (χ3v) is 3.11. The van der Waals surface area contributed by atoms with E-state index < -0.39 is 0 Å². The molecule has 2 nitrogen and oxygen atoms in total. The number of hydrogen-bond donors (Lipinski definition) is 0. The van der Waals surface area contributed by atoms with Crippen molar-refractivity contribution in [2.45, 2.75) is 26.2 Å². The molecule has 1 heterocycles. The molecule has 0 aromatic carbocycles. The molecule has 0 radical (unpaired) electrons. The van der Waals surface area contributed by atoms with Gasteiger partial charge in [-0.3, -0.25) is 0 Å². The van der Waals surface area contributed by atoms with Crippen LogP contribution in [0.5, 0.6) is 0 Å². The van der Waals surface area contributed by atoms with Gasteiger partial charge in [0.05, 0.1) is 11.1 Å². The molecule has 66 valence electrons. The second-order valence-electron chi connectivity index (χ2n) is 3.83. The Hall–Kier alpha value is -1.32. The van der Waals surface area contributed by atoms with Crippen molar-refractivity contribution in [1.29, 1.82) is 10.5 Å². The zero-order valence-electron chi connectivity index (χ0n) is 7.88. The van der Waals surface area contributed by atoms with Crippen LogP contribution < -0.4 is 0 Å². The molecule has 0 bridgehead atoms. The lowest BCUT2D eigenvalue weighted by Crippen LogP contribution is -2.10. The molecule has 0 fully saturated rings. The van der Waals surface area contributed by atoms with E-state index >= 15 is 0 Å². The molecule has 0 unspecified atom stereocenters. The van der Waals surface area contributed by atoms with Crippen LogP contribution in [0.2, 0.25) is 0 Å². The second kappa shape index (κ2) is 3.20. The first-order valence-corrected chi connectivity index (χ1v) is 4.81. The summed E-state index contributed by atoms with van der Waals surface area (Å²) in [5.74, 6) is 0. The van der Waals surface area contributed by atoms with E-state index in [1.165, 1.54) is 11.3 Å². The molecule has 0 N–H and O–H groups in total. The van der Waals surface area contributed by atoms with E-state index in [4.69, 9.17) is 10.5 Å². The van der Waals surface area contributed by atoms with Crippen LogP contribution in [-0.4, -0.2) is 0 Å². The summed E-state index contributed by atoms with van der Waals surface area (Å²) in [5.41, 5.74) is 0.989.